The highest BCUT2D eigenvalue weighted by Crippen LogP contribution is 2.26. The van der Waals surface area contributed by atoms with Gasteiger partial charge in [0.1, 0.15) is 6.61 Å². The van der Waals surface area contributed by atoms with Gasteiger partial charge >= 0.3 is 5.97 Å². The fourth-order valence-electron chi connectivity index (χ4n) is 2.63. The number of carbonyl (C=O) groups excluding carboxylic acids is 2. The number of hydrogen-bond acceptors (Lipinski definition) is 4. The van der Waals surface area contributed by atoms with Gasteiger partial charge in [0.2, 0.25) is 5.78 Å². The van der Waals surface area contributed by atoms with Crippen LogP contribution in [0.25, 0.3) is 0 Å². The van der Waals surface area contributed by atoms with Gasteiger partial charge in [-0.25, -0.2) is 4.79 Å². The standard InChI is InChI=1S/C19H28O4/c1-4-19(5-2,22-3)14-10-9-13-17(20)18(21)23-15-16-11-7-6-8-12-16/h6-8,11-12H,4-5,9-10,13-15H2,1-3H3. The molecule has 0 N–H and O–H groups in total. The lowest BCUT2D eigenvalue weighted by Crippen LogP contribution is -2.29. The highest BCUT2D eigenvalue weighted by molar-refractivity contribution is 6.33. The molecule has 0 bridgehead atoms. The zero-order valence-electron chi connectivity index (χ0n) is 14.5. The van der Waals surface area contributed by atoms with Crippen LogP contribution < -0.4 is 0 Å². The Kier molecular flexibility index (Phi) is 8.56. The summed E-state index contributed by atoms with van der Waals surface area (Å²) in [4.78, 5) is 23.5. The second-order valence-electron chi connectivity index (χ2n) is 5.79. The van der Waals surface area contributed by atoms with E-state index in [9.17, 15) is 9.59 Å². The second-order valence-corrected chi connectivity index (χ2v) is 5.79. The first-order chi connectivity index (χ1) is 11.1. The molecule has 4 nitrogen and oxygen atoms in total. The Morgan fingerprint density at radius 2 is 1.70 bits per heavy atom. The molecule has 128 valence electrons. The number of ketones is 1. The van der Waals surface area contributed by atoms with Crippen molar-refractivity contribution in [3.63, 3.8) is 0 Å². The van der Waals surface area contributed by atoms with Crippen LogP contribution in [-0.4, -0.2) is 24.5 Å². The Bertz CT molecular complexity index is 469. The van der Waals surface area contributed by atoms with Crippen molar-refractivity contribution in [2.45, 2.75) is 64.6 Å². The van der Waals surface area contributed by atoms with Crippen LogP contribution in [0.5, 0.6) is 0 Å². The van der Waals surface area contributed by atoms with Crippen LogP contribution in [0.2, 0.25) is 0 Å². The van der Waals surface area contributed by atoms with E-state index in [4.69, 9.17) is 9.47 Å². The van der Waals surface area contributed by atoms with Gasteiger partial charge in [-0.2, -0.15) is 0 Å². The lowest BCUT2D eigenvalue weighted by molar-refractivity contribution is -0.154. The largest absolute Gasteiger partial charge is 0.455 e. The van der Waals surface area contributed by atoms with Gasteiger partial charge in [0.15, 0.2) is 0 Å². The van der Waals surface area contributed by atoms with Crippen molar-refractivity contribution in [1.29, 1.82) is 0 Å². The third-order valence-corrected chi connectivity index (χ3v) is 4.45. The van der Waals surface area contributed by atoms with Crippen molar-refractivity contribution in [1.82, 2.24) is 0 Å². The monoisotopic (exact) mass is 320 g/mol. The number of hydrogen-bond donors (Lipinski definition) is 0. The summed E-state index contributed by atoms with van der Waals surface area (Å²) in [7, 11) is 1.74. The minimum atomic E-state index is -0.738. The topological polar surface area (TPSA) is 52.6 Å². The molecule has 0 aliphatic rings. The van der Waals surface area contributed by atoms with Crippen LogP contribution in [-0.2, 0) is 25.7 Å². The maximum atomic E-state index is 11.8. The molecule has 0 fully saturated rings. The van der Waals surface area contributed by atoms with Gasteiger partial charge in [0, 0.05) is 13.5 Å². The number of ether oxygens (including phenoxy) is 2. The lowest BCUT2D eigenvalue weighted by Gasteiger charge is -2.30. The van der Waals surface area contributed by atoms with E-state index in [0.717, 1.165) is 31.2 Å². The summed E-state index contributed by atoms with van der Waals surface area (Å²) in [6, 6.07) is 9.35. The van der Waals surface area contributed by atoms with Crippen LogP contribution in [0.3, 0.4) is 0 Å². The average Bonchev–Trinajstić information content (AvgIpc) is 2.61. The molecule has 0 saturated carbocycles. The summed E-state index contributed by atoms with van der Waals surface area (Å²) in [6.45, 7) is 4.36. The van der Waals surface area contributed by atoms with Crippen LogP contribution in [0.4, 0.5) is 0 Å². The maximum Gasteiger partial charge on any atom is 0.374 e. The number of benzene rings is 1. The molecule has 4 heteroatoms. The Labute approximate surface area is 139 Å². The molecular weight excluding hydrogens is 292 g/mol. The van der Waals surface area contributed by atoms with Crippen molar-refractivity contribution in [3.8, 4) is 0 Å². The fraction of sp³-hybridized carbons (Fsp3) is 0.579. The summed E-state index contributed by atoms with van der Waals surface area (Å²) in [5.41, 5.74) is 0.779. The molecule has 0 aliphatic carbocycles. The number of carbonyl (C=O) groups is 2. The molecule has 0 spiro atoms. The highest BCUT2D eigenvalue weighted by atomic mass is 16.5. The van der Waals surface area contributed by atoms with Crippen molar-refractivity contribution < 1.29 is 19.1 Å². The number of rotatable bonds is 11. The van der Waals surface area contributed by atoms with Gasteiger partial charge in [-0.1, -0.05) is 50.6 Å². The molecule has 0 saturated heterocycles. The second kappa shape index (κ2) is 10.2. The van der Waals surface area contributed by atoms with Crippen molar-refractivity contribution >= 4 is 11.8 Å². The summed E-state index contributed by atoms with van der Waals surface area (Å²) in [6.07, 6.45) is 4.60. The van der Waals surface area contributed by atoms with E-state index in [1.165, 1.54) is 0 Å². The van der Waals surface area contributed by atoms with Gasteiger partial charge < -0.3 is 9.47 Å². The SMILES string of the molecule is CCC(CC)(CCCCC(=O)C(=O)OCc1ccccc1)OC. The van der Waals surface area contributed by atoms with E-state index >= 15 is 0 Å². The third-order valence-electron chi connectivity index (χ3n) is 4.45. The Morgan fingerprint density at radius 1 is 1.04 bits per heavy atom. The van der Waals surface area contributed by atoms with Crippen LogP contribution >= 0.6 is 0 Å². The minimum Gasteiger partial charge on any atom is -0.455 e. The Hall–Kier alpha value is -1.68. The number of methoxy groups -OCH3 is 1. The van der Waals surface area contributed by atoms with Gasteiger partial charge in [-0.3, -0.25) is 4.79 Å². The molecule has 0 amide bonds. The summed E-state index contributed by atoms with van der Waals surface area (Å²) in [5, 5.41) is 0. The van der Waals surface area contributed by atoms with E-state index in [1.54, 1.807) is 7.11 Å². The summed E-state index contributed by atoms with van der Waals surface area (Å²) in [5.74, 6) is -1.19. The molecule has 0 heterocycles. The van der Waals surface area contributed by atoms with Crippen LogP contribution in [0, 0.1) is 0 Å². The predicted molar refractivity (Wildman–Crippen MR) is 90.0 cm³/mol. The van der Waals surface area contributed by atoms with Crippen molar-refractivity contribution in [2.24, 2.45) is 0 Å². The first-order valence-corrected chi connectivity index (χ1v) is 8.36. The maximum absolute atomic E-state index is 11.8. The van der Waals surface area contributed by atoms with Crippen LogP contribution in [0.1, 0.15) is 57.9 Å². The smallest absolute Gasteiger partial charge is 0.374 e. The molecular formula is C19H28O4. The molecule has 0 aromatic heterocycles. The van der Waals surface area contributed by atoms with Crippen LogP contribution in [0.15, 0.2) is 30.3 Å². The first kappa shape index (κ1) is 19.4. The fourth-order valence-corrected chi connectivity index (χ4v) is 2.63. The van der Waals surface area contributed by atoms with E-state index in [0.29, 0.717) is 6.42 Å². The van der Waals surface area contributed by atoms with Crippen molar-refractivity contribution in [2.75, 3.05) is 7.11 Å². The molecule has 0 aliphatic heterocycles. The van der Waals surface area contributed by atoms with E-state index in [1.807, 2.05) is 30.3 Å². The zero-order chi connectivity index (χ0) is 17.1. The molecule has 0 unspecified atom stereocenters. The van der Waals surface area contributed by atoms with Gasteiger partial charge in [0.05, 0.1) is 5.60 Å². The highest BCUT2D eigenvalue weighted by Gasteiger charge is 2.25. The van der Waals surface area contributed by atoms with Crippen molar-refractivity contribution in [3.05, 3.63) is 35.9 Å². The number of esters is 1. The Morgan fingerprint density at radius 3 is 2.26 bits per heavy atom. The van der Waals surface area contributed by atoms with E-state index in [-0.39, 0.29) is 18.6 Å². The number of unbranched alkanes of at least 4 members (excludes halogenated alkanes) is 1. The predicted octanol–water partition coefficient (Wildman–Crippen LogP) is 4.06. The number of Topliss-reactive ketones (excluding diaryl/α,β-unsaturated/α-hetero) is 1. The molecule has 0 atom stereocenters. The van der Waals surface area contributed by atoms with Gasteiger partial charge in [-0.05, 0) is 31.2 Å². The van der Waals surface area contributed by atoms with Gasteiger partial charge in [0.25, 0.3) is 0 Å². The normalized spacial score (nSPS) is 11.3. The lowest BCUT2D eigenvalue weighted by atomic mass is 9.90. The quantitative estimate of drug-likeness (QED) is 0.350. The van der Waals surface area contributed by atoms with E-state index in [2.05, 4.69) is 13.8 Å². The summed E-state index contributed by atoms with van der Waals surface area (Å²) >= 11 is 0. The Balaban J connectivity index is 2.26. The third kappa shape index (κ3) is 6.53. The average molecular weight is 320 g/mol. The molecule has 0 radical (unpaired) electrons. The molecule has 1 rings (SSSR count). The van der Waals surface area contributed by atoms with E-state index < -0.39 is 11.8 Å². The first-order valence-electron chi connectivity index (χ1n) is 8.36. The minimum absolute atomic E-state index is 0.100. The van der Waals surface area contributed by atoms with Gasteiger partial charge in [-0.15, -0.1) is 0 Å². The molecule has 23 heavy (non-hydrogen) atoms. The summed E-state index contributed by atoms with van der Waals surface area (Å²) < 4.78 is 10.6. The molecule has 1 aromatic carbocycles. The zero-order valence-corrected chi connectivity index (χ0v) is 14.5. The molecule has 1 aromatic rings.